The maximum absolute atomic E-state index is 5.77. The number of halogens is 1. The molecule has 0 atom stereocenters. The number of aromatic amines is 1. The Morgan fingerprint density at radius 3 is 2.55 bits per heavy atom. The van der Waals surface area contributed by atoms with E-state index in [0.29, 0.717) is 17.9 Å². The molecule has 0 spiro atoms. The Balaban J connectivity index is 1.74. The largest absolute Gasteiger partial charge is 0.486 e. The number of aromatic nitrogens is 3. The number of ether oxygens (including phenoxy) is 1. The number of rotatable bonds is 5. The van der Waals surface area contributed by atoms with Crippen LogP contribution in [-0.2, 0) is 13.2 Å². The van der Waals surface area contributed by atoms with Gasteiger partial charge in [-0.1, -0.05) is 46.3 Å². The van der Waals surface area contributed by atoms with E-state index in [4.69, 9.17) is 17.0 Å². The summed E-state index contributed by atoms with van der Waals surface area (Å²) in [6.07, 6.45) is 0. The van der Waals surface area contributed by atoms with Crippen LogP contribution in [0.25, 0.3) is 0 Å². The van der Waals surface area contributed by atoms with Crippen molar-refractivity contribution in [3.05, 3.63) is 75.2 Å². The van der Waals surface area contributed by atoms with Gasteiger partial charge in [0.1, 0.15) is 12.4 Å². The Morgan fingerprint density at radius 1 is 1.09 bits per heavy atom. The first-order valence-corrected chi connectivity index (χ1v) is 7.99. The lowest BCUT2D eigenvalue weighted by atomic mass is 10.2. The third kappa shape index (κ3) is 3.64. The van der Waals surface area contributed by atoms with Gasteiger partial charge in [0, 0.05) is 4.47 Å². The lowest BCUT2D eigenvalue weighted by Crippen LogP contribution is -2.08. The highest BCUT2D eigenvalue weighted by Gasteiger charge is 2.07. The molecule has 0 amide bonds. The molecule has 0 aliphatic carbocycles. The van der Waals surface area contributed by atoms with Crippen molar-refractivity contribution in [3.63, 3.8) is 0 Å². The molecular formula is C16H14BrN3OS. The maximum Gasteiger partial charge on any atom is 0.195 e. The van der Waals surface area contributed by atoms with Gasteiger partial charge in [0.25, 0.3) is 0 Å². The van der Waals surface area contributed by atoms with Crippen molar-refractivity contribution < 1.29 is 4.74 Å². The zero-order chi connectivity index (χ0) is 15.4. The van der Waals surface area contributed by atoms with Gasteiger partial charge in [0.15, 0.2) is 10.6 Å². The van der Waals surface area contributed by atoms with E-state index in [2.05, 4.69) is 38.3 Å². The molecule has 4 nitrogen and oxygen atoms in total. The molecule has 0 saturated heterocycles. The Kier molecular flexibility index (Phi) is 4.70. The van der Waals surface area contributed by atoms with Crippen molar-refractivity contribution in [2.45, 2.75) is 13.2 Å². The first-order chi connectivity index (χ1) is 10.7. The summed E-state index contributed by atoms with van der Waals surface area (Å²) in [6, 6.07) is 17.8. The van der Waals surface area contributed by atoms with E-state index in [1.165, 1.54) is 5.56 Å². The minimum atomic E-state index is 0.363. The normalized spacial score (nSPS) is 10.6. The number of nitrogens with one attached hydrogen (secondary N) is 1. The van der Waals surface area contributed by atoms with Crippen LogP contribution in [-0.4, -0.2) is 14.8 Å². The SMILES string of the molecule is S=c1[nH]nc(COc2ccc(Br)cc2)n1Cc1ccccc1. The second-order valence-corrected chi connectivity index (χ2v) is 6.06. The summed E-state index contributed by atoms with van der Waals surface area (Å²) >= 11 is 8.71. The number of benzene rings is 2. The van der Waals surface area contributed by atoms with Gasteiger partial charge in [0.05, 0.1) is 6.54 Å². The highest BCUT2D eigenvalue weighted by Crippen LogP contribution is 2.17. The number of hydrogen-bond acceptors (Lipinski definition) is 3. The average Bonchev–Trinajstić information content (AvgIpc) is 2.88. The third-order valence-corrected chi connectivity index (χ3v) is 4.04. The standard InChI is InChI=1S/C16H14BrN3OS/c17-13-6-8-14(9-7-13)21-11-15-18-19-16(22)20(15)10-12-4-2-1-3-5-12/h1-9H,10-11H2,(H,19,22). The van der Waals surface area contributed by atoms with Gasteiger partial charge < -0.3 is 4.74 Å². The van der Waals surface area contributed by atoms with Crippen LogP contribution in [0, 0.1) is 4.77 Å². The number of nitrogens with zero attached hydrogens (tertiary/aromatic N) is 2. The highest BCUT2D eigenvalue weighted by atomic mass is 79.9. The molecule has 3 rings (SSSR count). The van der Waals surface area contributed by atoms with Crippen molar-refractivity contribution in [2.75, 3.05) is 0 Å². The molecule has 0 fully saturated rings. The van der Waals surface area contributed by atoms with E-state index in [-0.39, 0.29) is 0 Å². The van der Waals surface area contributed by atoms with Crippen molar-refractivity contribution >= 4 is 28.1 Å². The molecule has 0 unspecified atom stereocenters. The van der Waals surface area contributed by atoms with Crippen molar-refractivity contribution in [2.24, 2.45) is 0 Å². The van der Waals surface area contributed by atoms with Gasteiger partial charge in [-0.3, -0.25) is 9.67 Å². The molecule has 22 heavy (non-hydrogen) atoms. The zero-order valence-corrected chi connectivity index (χ0v) is 14.1. The monoisotopic (exact) mass is 375 g/mol. The van der Waals surface area contributed by atoms with Crippen LogP contribution in [0.5, 0.6) is 5.75 Å². The topological polar surface area (TPSA) is 42.8 Å². The van der Waals surface area contributed by atoms with Crippen LogP contribution in [0.3, 0.4) is 0 Å². The molecule has 6 heteroatoms. The molecular weight excluding hydrogens is 362 g/mol. The minimum absolute atomic E-state index is 0.363. The van der Waals surface area contributed by atoms with Gasteiger partial charge in [-0.2, -0.15) is 5.10 Å². The van der Waals surface area contributed by atoms with E-state index >= 15 is 0 Å². The van der Waals surface area contributed by atoms with Crippen LogP contribution in [0.15, 0.2) is 59.1 Å². The summed E-state index contributed by atoms with van der Waals surface area (Å²) in [4.78, 5) is 0. The first-order valence-electron chi connectivity index (χ1n) is 6.79. The second kappa shape index (κ2) is 6.89. The minimum Gasteiger partial charge on any atom is -0.486 e. The van der Waals surface area contributed by atoms with Crippen LogP contribution in [0.1, 0.15) is 11.4 Å². The predicted octanol–water partition coefficient (Wildman–Crippen LogP) is 4.33. The van der Waals surface area contributed by atoms with Crippen molar-refractivity contribution in [1.29, 1.82) is 0 Å². The molecule has 0 bridgehead atoms. The fraction of sp³-hybridized carbons (Fsp3) is 0.125. The van der Waals surface area contributed by atoms with Crippen molar-refractivity contribution in [3.8, 4) is 5.75 Å². The third-order valence-electron chi connectivity index (χ3n) is 3.20. The van der Waals surface area contributed by atoms with E-state index in [1.807, 2.05) is 47.0 Å². The fourth-order valence-corrected chi connectivity index (χ4v) is 2.55. The molecule has 0 aliphatic heterocycles. The summed E-state index contributed by atoms with van der Waals surface area (Å²) in [5.74, 6) is 1.57. The smallest absolute Gasteiger partial charge is 0.195 e. The Morgan fingerprint density at radius 2 is 1.82 bits per heavy atom. The molecule has 112 valence electrons. The Hall–Kier alpha value is -1.92. The summed E-state index contributed by atoms with van der Waals surface area (Å²) in [5.41, 5.74) is 1.17. The average molecular weight is 376 g/mol. The molecule has 0 aliphatic rings. The maximum atomic E-state index is 5.77. The lowest BCUT2D eigenvalue weighted by Gasteiger charge is -2.09. The molecule has 1 heterocycles. The zero-order valence-electron chi connectivity index (χ0n) is 11.7. The second-order valence-electron chi connectivity index (χ2n) is 4.76. The Labute approximate surface area is 141 Å². The summed E-state index contributed by atoms with van der Waals surface area (Å²) in [5, 5.41) is 7.09. The lowest BCUT2D eigenvalue weighted by molar-refractivity contribution is 0.290. The van der Waals surface area contributed by atoms with E-state index in [9.17, 15) is 0 Å². The highest BCUT2D eigenvalue weighted by molar-refractivity contribution is 9.10. The van der Waals surface area contributed by atoms with Crippen LogP contribution in [0.4, 0.5) is 0 Å². The molecule has 1 N–H and O–H groups in total. The molecule has 0 saturated carbocycles. The Bertz CT molecular complexity index is 796. The molecule has 3 aromatic rings. The quantitative estimate of drug-likeness (QED) is 0.674. The van der Waals surface area contributed by atoms with E-state index in [1.54, 1.807) is 0 Å². The summed E-state index contributed by atoms with van der Waals surface area (Å²) in [6.45, 7) is 1.04. The number of H-pyrrole nitrogens is 1. The van der Waals surface area contributed by atoms with Gasteiger partial charge in [-0.05, 0) is 42.0 Å². The van der Waals surface area contributed by atoms with Gasteiger partial charge in [-0.25, -0.2) is 0 Å². The van der Waals surface area contributed by atoms with Crippen molar-refractivity contribution in [1.82, 2.24) is 14.8 Å². The predicted molar refractivity (Wildman–Crippen MR) is 91.4 cm³/mol. The number of hydrogen-bond donors (Lipinski definition) is 1. The van der Waals surface area contributed by atoms with Crippen LogP contribution >= 0.6 is 28.1 Å². The molecule has 0 radical (unpaired) electrons. The van der Waals surface area contributed by atoms with Crippen LogP contribution in [0.2, 0.25) is 0 Å². The first kappa shape index (κ1) is 15.0. The fourth-order valence-electron chi connectivity index (χ4n) is 2.07. The summed E-state index contributed by atoms with van der Waals surface area (Å²) < 4.78 is 9.33. The van der Waals surface area contributed by atoms with Gasteiger partial charge >= 0.3 is 0 Å². The van der Waals surface area contributed by atoms with E-state index in [0.717, 1.165) is 16.0 Å². The van der Waals surface area contributed by atoms with E-state index < -0.39 is 0 Å². The summed E-state index contributed by atoms with van der Waals surface area (Å²) in [7, 11) is 0. The molecule has 2 aromatic carbocycles. The van der Waals surface area contributed by atoms with Crippen LogP contribution < -0.4 is 4.74 Å². The van der Waals surface area contributed by atoms with Gasteiger partial charge in [0.2, 0.25) is 0 Å². The molecule has 1 aromatic heterocycles. The van der Waals surface area contributed by atoms with Gasteiger partial charge in [-0.15, -0.1) is 0 Å².